The van der Waals surface area contributed by atoms with Crippen molar-refractivity contribution in [2.24, 2.45) is 94.7 Å². The summed E-state index contributed by atoms with van der Waals surface area (Å²) in [7, 11) is 18.3. The molecule has 770 valence electrons. The van der Waals surface area contributed by atoms with Gasteiger partial charge in [-0.1, -0.05) is 77.5 Å². The third-order valence-electron chi connectivity index (χ3n) is 32.6. The molecule has 14 aliphatic rings. The molecule has 10 fully saturated rings. The highest BCUT2D eigenvalue weighted by molar-refractivity contribution is 6.21. The van der Waals surface area contributed by atoms with Crippen molar-refractivity contribution < 1.29 is 114 Å². The van der Waals surface area contributed by atoms with Crippen LogP contribution >= 0.6 is 23.2 Å². The van der Waals surface area contributed by atoms with Crippen molar-refractivity contribution in [2.45, 2.75) is 429 Å². The molecule has 6 heterocycles. The van der Waals surface area contributed by atoms with Crippen LogP contribution in [0.2, 0.25) is 0 Å². The summed E-state index contributed by atoms with van der Waals surface area (Å²) >= 11 is 12.1. The lowest BCUT2D eigenvalue weighted by Gasteiger charge is -2.44. The molecule has 0 aromatic carbocycles. The van der Waals surface area contributed by atoms with Gasteiger partial charge in [-0.25, -0.2) is 0 Å². The molecule has 0 aromatic rings. The van der Waals surface area contributed by atoms with E-state index in [1.807, 2.05) is 69.2 Å². The lowest BCUT2D eigenvalue weighted by Crippen LogP contribution is -2.59. The molecule has 4 saturated carbocycles. The lowest BCUT2D eigenvalue weighted by molar-refractivity contribution is -0.314. The van der Waals surface area contributed by atoms with E-state index in [2.05, 4.69) is 117 Å². The Morgan fingerprint density at radius 1 is 0.422 bits per heavy atom. The van der Waals surface area contributed by atoms with E-state index in [9.17, 15) is 28.8 Å². The van der Waals surface area contributed by atoms with E-state index in [4.69, 9.17) is 108 Å². The molecular weight excluding hydrogens is 1770 g/mol. The number of cyclic esters (lactones) is 2. The van der Waals surface area contributed by atoms with Crippen LogP contribution in [-0.4, -0.2) is 273 Å². The first-order chi connectivity index (χ1) is 63.9. The molecule has 28 heteroatoms. The molecule has 6 saturated heterocycles. The number of hydrogen-bond donors (Lipinski definition) is 0. The normalized spacial score (nSPS) is 42.6. The summed E-state index contributed by atoms with van der Waals surface area (Å²) in [5.41, 5.74) is 2.06. The van der Waals surface area contributed by atoms with E-state index < -0.39 is 30.4 Å². The summed E-state index contributed by atoms with van der Waals surface area (Å²) < 4.78 is 110. The smallest absolute Gasteiger partial charge is 0.309 e. The summed E-state index contributed by atoms with van der Waals surface area (Å²) in [4.78, 5) is 84.6. The number of rotatable bonds is 20. The van der Waals surface area contributed by atoms with Gasteiger partial charge in [-0.3, -0.25) is 28.8 Å². The van der Waals surface area contributed by atoms with Gasteiger partial charge in [0.1, 0.15) is 60.0 Å². The van der Waals surface area contributed by atoms with Crippen LogP contribution in [0.25, 0.3) is 0 Å². The minimum atomic E-state index is -0.598. The second-order valence-electron chi connectivity index (χ2n) is 44.5. The van der Waals surface area contributed by atoms with E-state index in [1.165, 1.54) is 5.57 Å². The molecule has 2 unspecified atom stereocenters. The van der Waals surface area contributed by atoms with Gasteiger partial charge in [-0.05, 0) is 316 Å². The first-order valence-electron chi connectivity index (χ1n) is 51.7. The Morgan fingerprint density at radius 2 is 0.852 bits per heavy atom. The number of nitrogens with zero attached hydrogens (tertiary/aromatic N) is 2. The topological polar surface area (TPSA) is 275 Å². The maximum atomic E-state index is 14.7. The molecule has 0 bridgehead atoms. The highest BCUT2D eigenvalue weighted by atomic mass is 35.5. The zero-order chi connectivity index (χ0) is 98.7. The quantitative estimate of drug-likeness (QED) is 0.0474. The highest BCUT2D eigenvalue weighted by Crippen LogP contribution is 2.58. The Kier molecular flexibility index (Phi) is 41.4. The largest absolute Gasteiger partial charge is 0.462 e. The number of hydrogen-bond acceptors (Lipinski definition) is 26. The number of esters is 4. The van der Waals surface area contributed by atoms with E-state index in [0.29, 0.717) is 48.6 Å². The minimum absolute atomic E-state index is 0.0134. The van der Waals surface area contributed by atoms with Gasteiger partial charge in [-0.15, -0.1) is 23.2 Å². The number of Topliss-reactive ketones (excluding diaryl/α,β-unsaturated/α-hetero) is 2. The van der Waals surface area contributed by atoms with Crippen LogP contribution in [0, 0.1) is 94.7 Å². The van der Waals surface area contributed by atoms with Gasteiger partial charge >= 0.3 is 23.9 Å². The second-order valence-corrected chi connectivity index (χ2v) is 45.8. The van der Waals surface area contributed by atoms with Crippen molar-refractivity contribution in [3.63, 3.8) is 0 Å². The molecular formula is C107H174Cl2N2O24. The number of ether oxygens (including phenoxy) is 18. The van der Waals surface area contributed by atoms with Gasteiger partial charge in [0.15, 0.2) is 36.7 Å². The molecule has 0 aromatic heterocycles. The fourth-order valence-electron chi connectivity index (χ4n) is 25.2. The van der Waals surface area contributed by atoms with Gasteiger partial charge in [0.05, 0.1) is 73.5 Å². The molecule has 0 N–H and O–H groups in total. The van der Waals surface area contributed by atoms with E-state index in [-0.39, 0.29) is 234 Å². The standard InChI is InChI=1S/C42H67NO10.C41H65NO10.2C12H21ClO2/c1-11-26-13-12-14-35(53-37-16-15-34(43(6)7)24(4)49-37)23(3)38(45)33-20-31-29(32(33)21-36(44)51-26)17-22(2)28-18-27(19-30(28)31)52-42-41(48-10)40(47-9)39(46-8)25(5)50-42;1-10-26-12-11-13-34(52-36-17-16-33(42(5)6)23(3)48-36)22(2)37(44)32-20-30-28(31(32)21-35(43)50-26)15-14-25-18-27(19-29(25)30)51-41-40(47-9)39(46-8)38(45-7)24(4)49-41;1-8-7-9(13)5-6-10(8)11(14)15-12(2,3)4;1-8-5-6-9(13)7-10(8)11(14)15-12(2,3)4/h17,20,23-32,34-35,37,39-42H,11-16,18-19,21H2,1-10H3;14-15,20,22-31,33-34,36,38-41H,10-13,16-19,21H2,1-9H3;2*8-10H,5-7H2,1-4H3/t23-,24-,25+,26+,27-,28+,29-,30-,31-,32+,34+,35+,37+,39+,40-,41-,42+;22-,23-,24+,25-,26+,27-,28-,29-,30-,31+,33+,34+,36+,38+,39-,40-,41+;2*8-,9?,10-/m1100/s1. The fraction of sp³-hybridized carbons (Fsp3) is 0.869. The molecule has 14 rings (SSSR count). The molecule has 0 amide bonds. The van der Waals surface area contributed by atoms with E-state index in [1.54, 1.807) is 42.7 Å². The average molecular weight is 1940 g/mol. The number of carbonyl (C=O) groups is 6. The number of carbonyl (C=O) groups excluding carboxylic acids is 6. The number of alkyl halides is 2. The Labute approximate surface area is 819 Å². The Hall–Kier alpha value is -3.88. The molecule has 40 atom stereocenters. The van der Waals surface area contributed by atoms with Crippen LogP contribution in [0.15, 0.2) is 47.1 Å². The molecule has 0 spiro atoms. The average Bonchev–Trinajstić information content (AvgIpc) is 1.58. The van der Waals surface area contributed by atoms with Crippen LogP contribution in [0.4, 0.5) is 0 Å². The summed E-state index contributed by atoms with van der Waals surface area (Å²) in [5, 5.41) is 0.373. The van der Waals surface area contributed by atoms with Crippen molar-refractivity contribution in [1.82, 2.24) is 9.80 Å². The van der Waals surface area contributed by atoms with Crippen molar-refractivity contribution >= 4 is 58.6 Å². The molecule has 8 aliphatic carbocycles. The second kappa shape index (κ2) is 50.1. The van der Waals surface area contributed by atoms with Crippen LogP contribution in [0.1, 0.15) is 272 Å². The van der Waals surface area contributed by atoms with Crippen molar-refractivity contribution in [3.8, 4) is 0 Å². The van der Waals surface area contributed by atoms with Gasteiger partial charge in [0.2, 0.25) is 0 Å². The predicted molar refractivity (Wildman–Crippen MR) is 517 cm³/mol. The molecule has 6 aliphatic heterocycles. The van der Waals surface area contributed by atoms with Gasteiger partial charge in [-0.2, -0.15) is 0 Å². The van der Waals surface area contributed by atoms with Crippen molar-refractivity contribution in [1.29, 1.82) is 0 Å². The molecule has 0 radical (unpaired) electrons. The Bertz CT molecular complexity index is 3940. The van der Waals surface area contributed by atoms with Crippen LogP contribution in [-0.2, 0) is 114 Å². The Balaban J connectivity index is 0.000000199. The number of ketones is 2. The van der Waals surface area contributed by atoms with E-state index in [0.717, 1.165) is 140 Å². The summed E-state index contributed by atoms with van der Waals surface area (Å²) in [6.45, 7) is 34.2. The highest BCUT2D eigenvalue weighted by Gasteiger charge is 2.57. The fourth-order valence-corrected chi connectivity index (χ4v) is 25.9. The molecule has 135 heavy (non-hydrogen) atoms. The maximum Gasteiger partial charge on any atom is 0.309 e. The SMILES string of the molecule is CC[C@H]1CCC[C@H](O[C@H]2CC[C@H](N(C)C)[C@@H](C)O2)[C@@H](C)C(=O)C2=C[C@@H]3[C@@H](C=C(C)[C@@H]4C[C@@H](O[C@@H]5O[C@@H](C)[C@H](OC)[C@@H](OC)[C@H]5OC)C[C@@H]34)[C@@H]2CC(=O)O1.CC[C@H]1CCC[C@H](O[C@H]2CC[C@H](N(C)C)[C@@H](C)O2)[C@@H](C)C(=O)C2=C[C@@H]3[C@@H](C=C[C@@H]4C[C@@H](O[C@@H]5O[C@@H](C)[C@H](OC)[C@@H](OC)[C@H]5OC)C[C@@H]34)[C@@H]2CC(=O)O1.C[C@H]1CC(Cl)CC[C@@H]1C(=O)OC(C)(C)C.C[C@H]1CCC(Cl)C[C@@H]1C(=O)OC(C)(C)C. The van der Waals surface area contributed by atoms with Gasteiger partial charge in [0, 0.05) is 89.2 Å². The maximum absolute atomic E-state index is 14.7. The molecule has 26 nitrogen and oxygen atoms in total. The summed E-state index contributed by atoms with van der Waals surface area (Å²) in [5.74, 6) is 0.659. The Morgan fingerprint density at radius 3 is 1.29 bits per heavy atom. The lowest BCUT2D eigenvalue weighted by atomic mass is 9.67. The van der Waals surface area contributed by atoms with E-state index >= 15 is 0 Å². The van der Waals surface area contributed by atoms with Gasteiger partial charge < -0.3 is 95.1 Å². The zero-order valence-corrected chi connectivity index (χ0v) is 88.4. The minimum Gasteiger partial charge on any atom is -0.462 e. The first kappa shape index (κ1) is 111. The van der Waals surface area contributed by atoms with Crippen LogP contribution in [0.5, 0.6) is 0 Å². The number of likely N-dealkylation sites (N-methyl/N-ethyl adjacent to an activating group) is 2. The first-order valence-corrected chi connectivity index (χ1v) is 52.6. The summed E-state index contributed by atoms with van der Waals surface area (Å²) in [6.07, 6.45) is 24.9. The third-order valence-corrected chi connectivity index (χ3v) is 33.4. The number of methoxy groups -OCH3 is 6. The predicted octanol–water partition coefficient (Wildman–Crippen LogP) is 18.1. The zero-order valence-electron chi connectivity index (χ0n) is 86.9. The number of halogens is 2. The van der Waals surface area contributed by atoms with Gasteiger partial charge in [0.25, 0.3) is 0 Å². The number of fused-ring (bicyclic) bond motifs is 10. The number of allylic oxidation sites excluding steroid dienone is 8. The van der Waals surface area contributed by atoms with Crippen LogP contribution < -0.4 is 0 Å². The monoisotopic (exact) mass is 1940 g/mol. The van der Waals surface area contributed by atoms with Crippen molar-refractivity contribution in [2.75, 3.05) is 70.8 Å². The van der Waals surface area contributed by atoms with Crippen molar-refractivity contribution in [3.05, 3.63) is 47.1 Å². The third kappa shape index (κ3) is 28.2. The summed E-state index contributed by atoms with van der Waals surface area (Å²) in [6, 6.07) is 0.676. The van der Waals surface area contributed by atoms with Crippen LogP contribution in [0.3, 0.4) is 0 Å².